The molecule has 2 aromatic heterocycles. The van der Waals surface area contributed by atoms with Gasteiger partial charge in [0.25, 0.3) is 5.91 Å². The van der Waals surface area contributed by atoms with Crippen LogP contribution < -0.4 is 5.32 Å². The number of nitrogens with one attached hydrogen (secondary N) is 1. The van der Waals surface area contributed by atoms with Gasteiger partial charge in [-0.15, -0.1) is 0 Å². The highest BCUT2D eigenvalue weighted by Gasteiger charge is 2.15. The maximum absolute atomic E-state index is 12.1. The Labute approximate surface area is 121 Å². The van der Waals surface area contributed by atoms with E-state index in [0.29, 0.717) is 11.5 Å². The van der Waals surface area contributed by atoms with Gasteiger partial charge in [-0.25, -0.2) is 4.68 Å². The van der Waals surface area contributed by atoms with Crippen LogP contribution in [-0.2, 0) is 0 Å². The van der Waals surface area contributed by atoms with Crippen LogP contribution in [0, 0.1) is 13.8 Å². The van der Waals surface area contributed by atoms with E-state index in [2.05, 4.69) is 15.6 Å². The minimum absolute atomic E-state index is 0.172. The third-order valence-corrected chi connectivity index (χ3v) is 2.93. The molecule has 106 valence electrons. The number of carbonyl (C=O) groups excluding carboxylic acids is 1. The van der Waals surface area contributed by atoms with Gasteiger partial charge in [-0.1, -0.05) is 23.4 Å². The molecule has 6 heteroatoms. The summed E-state index contributed by atoms with van der Waals surface area (Å²) in [6.45, 7) is 3.63. The predicted octanol–water partition coefficient (Wildman–Crippen LogP) is 2.73. The van der Waals surface area contributed by atoms with Gasteiger partial charge in [-0.05, 0) is 26.0 Å². The zero-order chi connectivity index (χ0) is 14.8. The van der Waals surface area contributed by atoms with Gasteiger partial charge in [0.2, 0.25) is 5.76 Å². The SMILES string of the molecule is Cc1cc(C(=O)Nc2cc(C)nn2-c2ccccc2)on1. The van der Waals surface area contributed by atoms with Gasteiger partial charge in [0.15, 0.2) is 0 Å². The molecule has 0 radical (unpaired) electrons. The average molecular weight is 282 g/mol. The average Bonchev–Trinajstić information content (AvgIpc) is 3.06. The van der Waals surface area contributed by atoms with Crippen molar-refractivity contribution in [3.63, 3.8) is 0 Å². The van der Waals surface area contributed by atoms with Gasteiger partial charge in [0, 0.05) is 12.1 Å². The van der Waals surface area contributed by atoms with Crippen LogP contribution in [0.5, 0.6) is 0 Å². The number of rotatable bonds is 3. The first-order valence-corrected chi connectivity index (χ1v) is 6.50. The summed E-state index contributed by atoms with van der Waals surface area (Å²) in [6, 6.07) is 13.0. The van der Waals surface area contributed by atoms with Crippen molar-refractivity contribution >= 4 is 11.7 Å². The number of aromatic nitrogens is 3. The monoisotopic (exact) mass is 282 g/mol. The van der Waals surface area contributed by atoms with Crippen LogP contribution in [0.1, 0.15) is 21.9 Å². The minimum atomic E-state index is -0.354. The molecule has 0 aliphatic rings. The van der Waals surface area contributed by atoms with Crippen molar-refractivity contribution in [2.75, 3.05) is 5.32 Å². The molecule has 0 saturated carbocycles. The van der Waals surface area contributed by atoms with Crippen molar-refractivity contribution in [1.29, 1.82) is 0 Å². The van der Waals surface area contributed by atoms with E-state index in [1.807, 2.05) is 37.3 Å². The van der Waals surface area contributed by atoms with E-state index in [4.69, 9.17) is 4.52 Å². The van der Waals surface area contributed by atoms with Crippen LogP contribution in [0.15, 0.2) is 47.0 Å². The summed E-state index contributed by atoms with van der Waals surface area (Å²) in [6.07, 6.45) is 0. The van der Waals surface area contributed by atoms with Crippen LogP contribution in [-0.4, -0.2) is 20.8 Å². The Kier molecular flexibility index (Phi) is 3.27. The van der Waals surface area contributed by atoms with E-state index in [1.54, 1.807) is 23.7 Å². The fourth-order valence-electron chi connectivity index (χ4n) is 2.00. The molecular weight excluding hydrogens is 268 g/mol. The molecule has 3 rings (SSSR count). The number of anilines is 1. The fraction of sp³-hybridized carbons (Fsp3) is 0.133. The highest BCUT2D eigenvalue weighted by atomic mass is 16.5. The lowest BCUT2D eigenvalue weighted by atomic mass is 10.3. The Morgan fingerprint density at radius 1 is 1.14 bits per heavy atom. The van der Waals surface area contributed by atoms with Gasteiger partial charge in [0.1, 0.15) is 5.82 Å². The first kappa shape index (κ1) is 13.1. The molecule has 0 spiro atoms. The van der Waals surface area contributed by atoms with E-state index in [1.165, 1.54) is 0 Å². The molecule has 1 amide bonds. The number of carbonyl (C=O) groups is 1. The fourth-order valence-corrected chi connectivity index (χ4v) is 2.00. The van der Waals surface area contributed by atoms with Crippen molar-refractivity contribution in [3.8, 4) is 5.69 Å². The lowest BCUT2D eigenvalue weighted by molar-refractivity contribution is 0.0987. The summed E-state index contributed by atoms with van der Waals surface area (Å²) < 4.78 is 6.64. The molecule has 0 saturated heterocycles. The van der Waals surface area contributed by atoms with Crippen LogP contribution in [0.4, 0.5) is 5.82 Å². The first-order valence-electron chi connectivity index (χ1n) is 6.50. The molecule has 21 heavy (non-hydrogen) atoms. The highest BCUT2D eigenvalue weighted by molar-refractivity contribution is 6.01. The molecule has 0 fully saturated rings. The summed E-state index contributed by atoms with van der Waals surface area (Å²) in [5.74, 6) is 0.399. The van der Waals surface area contributed by atoms with Crippen LogP contribution in [0.25, 0.3) is 5.69 Å². The topological polar surface area (TPSA) is 73.0 Å². The van der Waals surface area contributed by atoms with Gasteiger partial charge < -0.3 is 9.84 Å². The number of amides is 1. The molecule has 0 aliphatic heterocycles. The van der Waals surface area contributed by atoms with E-state index >= 15 is 0 Å². The van der Waals surface area contributed by atoms with Crippen LogP contribution in [0.2, 0.25) is 0 Å². The van der Waals surface area contributed by atoms with Gasteiger partial charge in [-0.3, -0.25) is 4.79 Å². The van der Waals surface area contributed by atoms with Crippen LogP contribution in [0.3, 0.4) is 0 Å². The molecule has 6 nitrogen and oxygen atoms in total. The number of hydrogen-bond donors (Lipinski definition) is 1. The van der Waals surface area contributed by atoms with Gasteiger partial charge in [0.05, 0.1) is 17.1 Å². The largest absolute Gasteiger partial charge is 0.351 e. The van der Waals surface area contributed by atoms with E-state index < -0.39 is 0 Å². The Morgan fingerprint density at radius 3 is 2.57 bits per heavy atom. The minimum Gasteiger partial charge on any atom is -0.351 e. The molecule has 1 N–H and O–H groups in total. The molecule has 3 aromatic rings. The molecular formula is C15H14N4O2. The number of nitrogens with zero attached hydrogens (tertiary/aromatic N) is 3. The molecule has 2 heterocycles. The second-order valence-electron chi connectivity index (χ2n) is 4.70. The second-order valence-corrected chi connectivity index (χ2v) is 4.70. The molecule has 0 aliphatic carbocycles. The summed E-state index contributed by atoms with van der Waals surface area (Å²) >= 11 is 0. The zero-order valence-electron chi connectivity index (χ0n) is 11.7. The van der Waals surface area contributed by atoms with E-state index in [0.717, 1.165) is 11.4 Å². The lowest BCUT2D eigenvalue weighted by Gasteiger charge is -2.07. The van der Waals surface area contributed by atoms with Crippen molar-refractivity contribution in [2.24, 2.45) is 0 Å². The third kappa shape index (κ3) is 2.69. The number of para-hydroxylation sites is 1. The lowest BCUT2D eigenvalue weighted by Crippen LogP contribution is -2.14. The summed E-state index contributed by atoms with van der Waals surface area (Å²) in [4.78, 5) is 12.1. The first-order chi connectivity index (χ1) is 10.1. The molecule has 1 aromatic carbocycles. The quantitative estimate of drug-likeness (QED) is 0.801. The second kappa shape index (κ2) is 5.24. The smallest absolute Gasteiger partial charge is 0.295 e. The van der Waals surface area contributed by atoms with E-state index in [9.17, 15) is 4.79 Å². The molecule has 0 bridgehead atoms. The van der Waals surface area contributed by atoms with Gasteiger partial charge in [-0.2, -0.15) is 5.10 Å². The molecule has 0 unspecified atom stereocenters. The van der Waals surface area contributed by atoms with Gasteiger partial charge >= 0.3 is 0 Å². The number of benzene rings is 1. The van der Waals surface area contributed by atoms with Crippen molar-refractivity contribution in [3.05, 3.63) is 59.6 Å². The summed E-state index contributed by atoms with van der Waals surface area (Å²) in [7, 11) is 0. The Bertz CT molecular complexity index is 774. The standard InChI is InChI=1S/C15H14N4O2/c1-10-9-14(16-15(20)13-8-11(2)18-21-13)19(17-10)12-6-4-3-5-7-12/h3-9H,1-2H3,(H,16,20). The summed E-state index contributed by atoms with van der Waals surface area (Å²) in [5.41, 5.74) is 2.34. The maximum atomic E-state index is 12.1. The maximum Gasteiger partial charge on any atom is 0.295 e. The zero-order valence-corrected chi connectivity index (χ0v) is 11.7. The Morgan fingerprint density at radius 2 is 1.90 bits per heavy atom. The Hall–Kier alpha value is -2.89. The number of hydrogen-bond acceptors (Lipinski definition) is 4. The van der Waals surface area contributed by atoms with Crippen LogP contribution >= 0.6 is 0 Å². The Balaban J connectivity index is 1.91. The summed E-state index contributed by atoms with van der Waals surface area (Å²) in [5, 5.41) is 10.9. The number of aryl methyl sites for hydroxylation is 2. The van der Waals surface area contributed by atoms with Crippen molar-refractivity contribution in [2.45, 2.75) is 13.8 Å². The predicted molar refractivity (Wildman–Crippen MR) is 77.5 cm³/mol. The third-order valence-electron chi connectivity index (χ3n) is 2.93. The normalized spacial score (nSPS) is 10.6. The van der Waals surface area contributed by atoms with E-state index in [-0.39, 0.29) is 11.7 Å². The molecule has 0 atom stereocenters. The van der Waals surface area contributed by atoms with Crippen molar-refractivity contribution < 1.29 is 9.32 Å². The van der Waals surface area contributed by atoms with Crippen molar-refractivity contribution in [1.82, 2.24) is 14.9 Å². The highest BCUT2D eigenvalue weighted by Crippen LogP contribution is 2.17.